The van der Waals surface area contributed by atoms with Crippen LogP contribution in [0.15, 0.2) is 32.9 Å². The smallest absolute Gasteiger partial charge is 0.332 e. The van der Waals surface area contributed by atoms with Gasteiger partial charge in [-0.15, -0.1) is 0 Å². The lowest BCUT2D eigenvalue weighted by Crippen LogP contribution is -2.37. The molecule has 10 nitrogen and oxygen atoms in total. The van der Waals surface area contributed by atoms with Crippen molar-refractivity contribution in [1.82, 2.24) is 18.7 Å². The van der Waals surface area contributed by atoms with Crippen molar-refractivity contribution >= 4 is 23.3 Å². The highest BCUT2D eigenvalue weighted by molar-refractivity contribution is 5.84. The highest BCUT2D eigenvalue weighted by Crippen LogP contribution is 2.23. The van der Waals surface area contributed by atoms with Crippen LogP contribution in [0.5, 0.6) is 11.5 Å². The van der Waals surface area contributed by atoms with Gasteiger partial charge in [0, 0.05) is 32.8 Å². The van der Waals surface area contributed by atoms with Crippen LogP contribution in [0.2, 0.25) is 0 Å². The molecule has 0 amide bonds. The number of anilines is 1. The van der Waals surface area contributed by atoms with E-state index in [0.717, 1.165) is 10.1 Å². The molecule has 27 heavy (non-hydrogen) atoms. The minimum absolute atomic E-state index is 0.283. The lowest BCUT2D eigenvalue weighted by atomic mass is 10.2. The van der Waals surface area contributed by atoms with Gasteiger partial charge in [0.2, 0.25) is 5.95 Å². The second kappa shape index (κ2) is 6.98. The lowest BCUT2D eigenvalue weighted by molar-refractivity contribution is 0.394. The maximum Gasteiger partial charge on any atom is 0.332 e. The van der Waals surface area contributed by atoms with Gasteiger partial charge in [-0.25, -0.2) is 10.2 Å². The molecule has 0 unspecified atom stereocenters. The Bertz CT molecular complexity index is 1150. The molecule has 0 fully saturated rings. The van der Waals surface area contributed by atoms with Gasteiger partial charge in [0.05, 0.1) is 20.4 Å². The van der Waals surface area contributed by atoms with Crippen molar-refractivity contribution in [3.63, 3.8) is 0 Å². The Morgan fingerprint density at radius 3 is 2.48 bits per heavy atom. The molecular formula is C17H20N6O4. The van der Waals surface area contributed by atoms with E-state index >= 15 is 0 Å². The van der Waals surface area contributed by atoms with Crippen LogP contribution in [0.4, 0.5) is 5.95 Å². The molecule has 10 heteroatoms. The van der Waals surface area contributed by atoms with E-state index < -0.39 is 11.2 Å². The molecule has 3 aromatic rings. The Kier molecular flexibility index (Phi) is 4.72. The van der Waals surface area contributed by atoms with Crippen molar-refractivity contribution in [2.24, 2.45) is 26.2 Å². The van der Waals surface area contributed by atoms with Crippen LogP contribution in [0.25, 0.3) is 11.2 Å². The number of nitrogens with zero attached hydrogens (tertiary/aromatic N) is 5. The van der Waals surface area contributed by atoms with Crippen molar-refractivity contribution < 1.29 is 9.47 Å². The van der Waals surface area contributed by atoms with Gasteiger partial charge in [-0.05, 0) is 12.1 Å². The number of methoxy groups -OCH3 is 2. The lowest BCUT2D eigenvalue weighted by Gasteiger charge is -2.07. The number of rotatable bonds is 5. The minimum Gasteiger partial charge on any atom is -0.497 e. The molecule has 0 saturated carbocycles. The maximum atomic E-state index is 12.4. The van der Waals surface area contributed by atoms with Gasteiger partial charge in [0.25, 0.3) is 5.56 Å². The molecule has 1 aromatic carbocycles. The molecule has 0 saturated heterocycles. The van der Waals surface area contributed by atoms with Crippen LogP contribution in [0.1, 0.15) is 5.56 Å². The number of aryl methyl sites for hydroxylation is 2. The molecule has 3 rings (SSSR count). The average Bonchev–Trinajstić information content (AvgIpc) is 3.01. The number of fused-ring (bicyclic) bond motifs is 1. The third kappa shape index (κ3) is 3.05. The Labute approximate surface area is 154 Å². The topological polar surface area (TPSA) is 105 Å². The van der Waals surface area contributed by atoms with E-state index in [9.17, 15) is 9.59 Å². The zero-order valence-electron chi connectivity index (χ0n) is 15.7. The van der Waals surface area contributed by atoms with Gasteiger partial charge in [0.15, 0.2) is 11.2 Å². The van der Waals surface area contributed by atoms with Crippen molar-refractivity contribution in [2.75, 3.05) is 19.6 Å². The summed E-state index contributed by atoms with van der Waals surface area (Å²) in [7, 11) is 7.80. The first-order valence-electron chi connectivity index (χ1n) is 8.02. The number of benzene rings is 1. The van der Waals surface area contributed by atoms with Crippen LogP contribution in [-0.2, 0) is 21.1 Å². The summed E-state index contributed by atoms with van der Waals surface area (Å²) >= 11 is 0. The molecule has 0 aliphatic heterocycles. The summed E-state index contributed by atoms with van der Waals surface area (Å²) in [6.07, 6.45) is 1.56. The minimum atomic E-state index is -0.441. The summed E-state index contributed by atoms with van der Waals surface area (Å²) in [5, 5.41) is 4.16. The Hall–Kier alpha value is -3.56. The Balaban J connectivity index is 1.97. The molecule has 0 spiro atoms. The first-order valence-corrected chi connectivity index (χ1v) is 8.02. The standard InChI is InChI=1S/C17H20N6O4/c1-21-13-14(22(2)17(25)23(3)15(13)24)19-16(21)20-18-9-10-6-7-11(26-4)8-12(10)27-5/h6-9H,1-5H3,(H,19,20). The molecule has 0 radical (unpaired) electrons. The third-order valence-electron chi connectivity index (χ3n) is 4.28. The van der Waals surface area contributed by atoms with E-state index in [0.29, 0.717) is 23.0 Å². The molecule has 1 N–H and O–H groups in total. The Morgan fingerprint density at radius 2 is 1.81 bits per heavy atom. The number of hydrogen-bond donors (Lipinski definition) is 1. The fourth-order valence-electron chi connectivity index (χ4n) is 2.70. The van der Waals surface area contributed by atoms with Crippen molar-refractivity contribution in [3.05, 3.63) is 44.6 Å². The van der Waals surface area contributed by atoms with E-state index in [1.165, 1.54) is 11.6 Å². The largest absolute Gasteiger partial charge is 0.497 e. The van der Waals surface area contributed by atoms with E-state index in [1.807, 2.05) is 0 Å². The van der Waals surface area contributed by atoms with Crippen LogP contribution in [0.3, 0.4) is 0 Å². The van der Waals surface area contributed by atoms with Crippen LogP contribution < -0.4 is 26.1 Å². The van der Waals surface area contributed by atoms with Crippen LogP contribution in [0, 0.1) is 0 Å². The number of hydrogen-bond acceptors (Lipinski definition) is 7. The number of nitrogens with one attached hydrogen (secondary N) is 1. The van der Waals surface area contributed by atoms with E-state index in [-0.39, 0.29) is 5.65 Å². The van der Waals surface area contributed by atoms with Crippen molar-refractivity contribution in [2.45, 2.75) is 0 Å². The molecule has 0 aliphatic carbocycles. The molecule has 0 atom stereocenters. The quantitative estimate of drug-likeness (QED) is 0.515. The van der Waals surface area contributed by atoms with Gasteiger partial charge in [-0.1, -0.05) is 0 Å². The number of ether oxygens (including phenoxy) is 2. The molecule has 0 aliphatic rings. The highest BCUT2D eigenvalue weighted by atomic mass is 16.5. The molecule has 142 valence electrons. The van der Waals surface area contributed by atoms with Crippen LogP contribution in [-0.4, -0.2) is 39.1 Å². The van der Waals surface area contributed by atoms with Crippen molar-refractivity contribution in [1.29, 1.82) is 0 Å². The van der Waals surface area contributed by atoms with Gasteiger partial charge in [-0.2, -0.15) is 10.1 Å². The summed E-state index contributed by atoms with van der Waals surface area (Å²) < 4.78 is 14.4. The SMILES string of the molecule is COc1ccc(C=NNc2nc3c(c(=O)n(C)c(=O)n3C)n2C)c(OC)c1. The number of imidazole rings is 1. The summed E-state index contributed by atoms with van der Waals surface area (Å²) in [5.41, 5.74) is 3.25. The van der Waals surface area contributed by atoms with E-state index in [2.05, 4.69) is 15.5 Å². The normalized spacial score (nSPS) is 11.3. The summed E-state index contributed by atoms with van der Waals surface area (Å²) in [6.45, 7) is 0. The number of hydrazone groups is 1. The molecule has 0 bridgehead atoms. The first-order chi connectivity index (χ1) is 12.9. The molecular weight excluding hydrogens is 352 g/mol. The maximum absolute atomic E-state index is 12.4. The average molecular weight is 372 g/mol. The second-order valence-corrected chi connectivity index (χ2v) is 5.85. The number of aromatic nitrogens is 4. The fourth-order valence-corrected chi connectivity index (χ4v) is 2.70. The predicted octanol–water partition coefficient (Wildman–Crippen LogP) is 0.434. The monoisotopic (exact) mass is 372 g/mol. The second-order valence-electron chi connectivity index (χ2n) is 5.85. The molecule has 2 aromatic heterocycles. The summed E-state index contributed by atoms with van der Waals surface area (Å²) in [6, 6.07) is 5.34. The predicted molar refractivity (Wildman–Crippen MR) is 102 cm³/mol. The first kappa shape index (κ1) is 18.2. The van der Waals surface area contributed by atoms with Gasteiger partial charge in [-0.3, -0.25) is 13.9 Å². The third-order valence-corrected chi connectivity index (χ3v) is 4.28. The van der Waals surface area contributed by atoms with Gasteiger partial charge >= 0.3 is 5.69 Å². The molecule has 2 heterocycles. The van der Waals surface area contributed by atoms with Gasteiger partial charge < -0.3 is 14.0 Å². The van der Waals surface area contributed by atoms with Gasteiger partial charge in [0.1, 0.15) is 11.5 Å². The van der Waals surface area contributed by atoms with Crippen molar-refractivity contribution in [3.8, 4) is 11.5 Å². The van der Waals surface area contributed by atoms with E-state index in [1.54, 1.807) is 57.3 Å². The highest BCUT2D eigenvalue weighted by Gasteiger charge is 2.16. The fraction of sp³-hybridized carbons (Fsp3) is 0.294. The zero-order valence-corrected chi connectivity index (χ0v) is 15.7. The summed E-state index contributed by atoms with van der Waals surface area (Å²) in [4.78, 5) is 28.7. The Morgan fingerprint density at radius 1 is 1.07 bits per heavy atom. The summed E-state index contributed by atoms with van der Waals surface area (Å²) in [5.74, 6) is 1.59. The zero-order chi connectivity index (χ0) is 19.7. The van der Waals surface area contributed by atoms with Crippen LogP contribution >= 0.6 is 0 Å². The van der Waals surface area contributed by atoms with E-state index in [4.69, 9.17) is 9.47 Å².